The number of hydrogen-bond donors (Lipinski definition) is 0. The summed E-state index contributed by atoms with van der Waals surface area (Å²) >= 11 is 12.1. The highest BCUT2D eigenvalue weighted by Gasteiger charge is 2.37. The third-order valence-electron chi connectivity index (χ3n) is 7.64. The van der Waals surface area contributed by atoms with Gasteiger partial charge in [-0.05, 0) is 92.9 Å². The standard InChI is InChI=1S/C29H33Cl2F3N5/c1-36(2)12-13-37-14-15-38(19-37)18-27-25-16-20-5-6-21(30)17-24(20)23(25)9-11-39(27)10-3-4-22-7-8-26(31)28(35-22)29(32,33)34/h5-8,14-15,17,19,27H,3-4,9-13,16,18H2,1-2H3/q+1. The number of pyridine rings is 1. The second-order valence-electron chi connectivity index (χ2n) is 10.7. The lowest BCUT2D eigenvalue weighted by Crippen LogP contribution is -2.50. The Hall–Kier alpha value is -2.39. The maximum Gasteiger partial charge on any atom is 0.434 e. The summed E-state index contributed by atoms with van der Waals surface area (Å²) in [5.74, 6) is 0. The fourth-order valence-corrected chi connectivity index (χ4v) is 6.07. The predicted molar refractivity (Wildman–Crippen MR) is 148 cm³/mol. The summed E-state index contributed by atoms with van der Waals surface area (Å²) in [7, 11) is 4.14. The van der Waals surface area contributed by atoms with Gasteiger partial charge in [0.2, 0.25) is 6.33 Å². The largest absolute Gasteiger partial charge is 0.434 e. The molecule has 1 aliphatic heterocycles. The minimum absolute atomic E-state index is 0.193. The molecule has 0 bridgehead atoms. The van der Waals surface area contributed by atoms with Crippen LogP contribution in [0.2, 0.25) is 10.0 Å². The molecule has 5 nitrogen and oxygen atoms in total. The quantitative estimate of drug-likeness (QED) is 0.301. The van der Waals surface area contributed by atoms with E-state index in [4.69, 9.17) is 23.2 Å². The van der Waals surface area contributed by atoms with Crippen LogP contribution in [-0.4, -0.2) is 59.1 Å². The molecule has 208 valence electrons. The van der Waals surface area contributed by atoms with Gasteiger partial charge in [0.15, 0.2) is 5.69 Å². The fraction of sp³-hybridized carbons (Fsp3) is 0.448. The normalized spacial score (nSPS) is 17.7. The minimum Gasteiger partial charge on any atom is -0.305 e. The molecular formula is C29H33Cl2F3N5+. The third kappa shape index (κ3) is 6.51. The van der Waals surface area contributed by atoms with Crippen molar-refractivity contribution >= 4 is 28.8 Å². The zero-order valence-corrected chi connectivity index (χ0v) is 23.7. The average Bonchev–Trinajstić information content (AvgIpc) is 3.48. The predicted octanol–water partition coefficient (Wildman–Crippen LogP) is 5.77. The van der Waals surface area contributed by atoms with Crippen LogP contribution in [0.15, 0.2) is 54.6 Å². The minimum atomic E-state index is -4.56. The smallest absolute Gasteiger partial charge is 0.305 e. The molecule has 0 radical (unpaired) electrons. The first-order valence-corrected chi connectivity index (χ1v) is 14.0. The Balaban J connectivity index is 1.33. The molecule has 10 heteroatoms. The average molecular weight is 580 g/mol. The maximum absolute atomic E-state index is 13.3. The molecule has 0 fully saturated rings. The molecule has 3 heterocycles. The van der Waals surface area contributed by atoms with E-state index in [2.05, 4.69) is 68.9 Å². The highest BCUT2D eigenvalue weighted by Crippen LogP contribution is 2.42. The van der Waals surface area contributed by atoms with Crippen LogP contribution in [-0.2, 0) is 32.1 Å². The van der Waals surface area contributed by atoms with E-state index in [1.165, 1.54) is 28.3 Å². The van der Waals surface area contributed by atoms with E-state index in [0.29, 0.717) is 18.5 Å². The van der Waals surface area contributed by atoms with E-state index in [1.54, 1.807) is 6.07 Å². The summed E-state index contributed by atoms with van der Waals surface area (Å²) in [6.45, 7) is 4.35. The van der Waals surface area contributed by atoms with Gasteiger partial charge in [0.25, 0.3) is 0 Å². The van der Waals surface area contributed by atoms with E-state index in [-0.39, 0.29) is 11.1 Å². The number of benzene rings is 1. The number of nitrogens with zero attached hydrogens (tertiary/aromatic N) is 5. The van der Waals surface area contributed by atoms with Crippen LogP contribution in [0.1, 0.15) is 35.4 Å². The van der Waals surface area contributed by atoms with Gasteiger partial charge in [0.1, 0.15) is 25.5 Å². The van der Waals surface area contributed by atoms with Gasteiger partial charge in [-0.2, -0.15) is 13.2 Å². The number of aryl methyl sites for hydroxylation is 1. The van der Waals surface area contributed by atoms with Gasteiger partial charge in [-0.15, -0.1) is 0 Å². The maximum atomic E-state index is 13.3. The lowest BCUT2D eigenvalue weighted by molar-refractivity contribution is -0.699. The summed E-state index contributed by atoms with van der Waals surface area (Å²) < 4.78 is 44.3. The van der Waals surface area contributed by atoms with Gasteiger partial charge in [0, 0.05) is 23.8 Å². The molecule has 2 aliphatic rings. The van der Waals surface area contributed by atoms with Gasteiger partial charge < -0.3 is 4.90 Å². The van der Waals surface area contributed by atoms with Gasteiger partial charge in [-0.1, -0.05) is 29.3 Å². The molecule has 0 spiro atoms. The first-order valence-electron chi connectivity index (χ1n) is 13.3. The Bertz CT molecular complexity index is 1370. The third-order valence-corrected chi connectivity index (χ3v) is 8.18. The highest BCUT2D eigenvalue weighted by molar-refractivity contribution is 6.31. The number of hydrogen-bond acceptors (Lipinski definition) is 3. The van der Waals surface area contributed by atoms with Crippen molar-refractivity contribution < 1.29 is 17.7 Å². The molecule has 0 N–H and O–H groups in total. The molecule has 1 unspecified atom stereocenters. The topological polar surface area (TPSA) is 28.2 Å². The Labute approximate surface area is 237 Å². The van der Waals surface area contributed by atoms with Crippen molar-refractivity contribution in [1.82, 2.24) is 19.4 Å². The van der Waals surface area contributed by atoms with Crippen molar-refractivity contribution in [3.05, 3.63) is 87.2 Å². The van der Waals surface area contributed by atoms with E-state index in [9.17, 15) is 13.2 Å². The number of fused-ring (bicyclic) bond motifs is 2. The zero-order chi connectivity index (χ0) is 27.7. The Morgan fingerprint density at radius 3 is 2.72 bits per heavy atom. The number of alkyl halides is 3. The van der Waals surface area contributed by atoms with Gasteiger partial charge in [-0.25, -0.2) is 14.1 Å². The number of rotatable bonds is 9. The van der Waals surface area contributed by atoms with Crippen LogP contribution in [0.25, 0.3) is 5.57 Å². The van der Waals surface area contributed by atoms with Crippen molar-refractivity contribution in [2.45, 2.75) is 51.0 Å². The van der Waals surface area contributed by atoms with Crippen LogP contribution in [0.3, 0.4) is 0 Å². The number of imidazole rings is 1. The molecule has 0 saturated heterocycles. The Kier molecular flexibility index (Phi) is 8.38. The molecule has 1 aromatic carbocycles. The molecule has 1 aliphatic carbocycles. The second kappa shape index (κ2) is 11.6. The first-order chi connectivity index (χ1) is 18.6. The molecular weight excluding hydrogens is 546 g/mol. The van der Waals surface area contributed by atoms with Crippen molar-refractivity contribution in [1.29, 1.82) is 0 Å². The molecule has 5 rings (SSSR count). The van der Waals surface area contributed by atoms with E-state index in [0.717, 1.165) is 50.6 Å². The van der Waals surface area contributed by atoms with Gasteiger partial charge in [0.05, 0.1) is 11.1 Å². The van der Waals surface area contributed by atoms with Crippen molar-refractivity contribution in [3.63, 3.8) is 0 Å². The van der Waals surface area contributed by atoms with E-state index >= 15 is 0 Å². The number of halogens is 5. The number of aromatic nitrogens is 3. The van der Waals surface area contributed by atoms with Crippen molar-refractivity contribution in [2.24, 2.45) is 0 Å². The molecule has 0 saturated carbocycles. The second-order valence-corrected chi connectivity index (χ2v) is 11.5. The van der Waals surface area contributed by atoms with Crippen LogP contribution in [0.4, 0.5) is 13.2 Å². The molecule has 0 amide bonds. The van der Waals surface area contributed by atoms with Gasteiger partial charge >= 0.3 is 6.18 Å². The van der Waals surface area contributed by atoms with Crippen LogP contribution >= 0.6 is 23.2 Å². The van der Waals surface area contributed by atoms with Crippen LogP contribution in [0.5, 0.6) is 0 Å². The summed E-state index contributed by atoms with van der Waals surface area (Å²) in [4.78, 5) is 8.47. The highest BCUT2D eigenvalue weighted by atomic mass is 35.5. The van der Waals surface area contributed by atoms with Crippen molar-refractivity contribution in [2.75, 3.05) is 33.7 Å². The SMILES string of the molecule is CN(C)CCn1cc[n+](CC2C3=C(CCN2CCCc2ccc(Cl)c(C(F)(F)F)n2)c2cc(Cl)ccc2C3)c1. The summed E-state index contributed by atoms with van der Waals surface area (Å²) in [5.41, 5.74) is 4.81. The Morgan fingerprint density at radius 1 is 1.13 bits per heavy atom. The Morgan fingerprint density at radius 2 is 1.95 bits per heavy atom. The lowest BCUT2D eigenvalue weighted by atomic mass is 9.92. The summed E-state index contributed by atoms with van der Waals surface area (Å²) in [5, 5.41) is 0.389. The molecule has 1 atom stereocenters. The van der Waals surface area contributed by atoms with Gasteiger partial charge in [-0.3, -0.25) is 4.90 Å². The van der Waals surface area contributed by atoms with E-state index < -0.39 is 11.9 Å². The summed E-state index contributed by atoms with van der Waals surface area (Å²) in [6.07, 6.45) is 4.83. The lowest BCUT2D eigenvalue weighted by Gasteiger charge is -2.36. The first kappa shape index (κ1) is 28.1. The molecule has 2 aromatic heterocycles. The number of likely N-dealkylation sites (N-methyl/N-ethyl adjacent to an activating group) is 1. The fourth-order valence-electron chi connectivity index (χ4n) is 5.69. The van der Waals surface area contributed by atoms with Crippen LogP contribution in [0, 0.1) is 0 Å². The molecule has 39 heavy (non-hydrogen) atoms. The summed E-state index contributed by atoms with van der Waals surface area (Å²) in [6, 6.07) is 9.26. The van der Waals surface area contributed by atoms with E-state index in [1.807, 2.05) is 6.07 Å². The monoisotopic (exact) mass is 578 g/mol. The van der Waals surface area contributed by atoms with Crippen LogP contribution < -0.4 is 4.57 Å². The van der Waals surface area contributed by atoms with Crippen molar-refractivity contribution in [3.8, 4) is 0 Å². The molecule has 3 aromatic rings. The zero-order valence-electron chi connectivity index (χ0n) is 22.2.